The molecule has 1 aromatic carbocycles. The van der Waals surface area contributed by atoms with Gasteiger partial charge in [-0.15, -0.1) is 12.4 Å². The third-order valence-corrected chi connectivity index (χ3v) is 5.07. The first-order valence-corrected chi connectivity index (χ1v) is 11.2. The highest BCUT2D eigenvalue weighted by atomic mass is 35.5. The molecule has 0 aliphatic carbocycles. The molecule has 10 nitrogen and oxygen atoms in total. The Labute approximate surface area is 206 Å². The van der Waals surface area contributed by atoms with Crippen LogP contribution in [-0.2, 0) is 4.79 Å². The van der Waals surface area contributed by atoms with Crippen molar-refractivity contribution in [1.82, 2.24) is 20.2 Å². The summed E-state index contributed by atoms with van der Waals surface area (Å²) in [7, 11) is 3.71. The van der Waals surface area contributed by atoms with Crippen LogP contribution in [0.2, 0.25) is 0 Å². The number of hydrogen-bond donors (Lipinski definition) is 3. The number of hydrogen-bond acceptors (Lipinski definition) is 7. The summed E-state index contributed by atoms with van der Waals surface area (Å²) < 4.78 is 6.01. The number of aryl methyl sites for hydroxylation is 1. The molecule has 34 heavy (non-hydrogen) atoms. The number of anilines is 3. The molecular weight excluding hydrogens is 458 g/mol. The zero-order valence-electron chi connectivity index (χ0n) is 20.0. The van der Waals surface area contributed by atoms with Gasteiger partial charge in [0.1, 0.15) is 5.75 Å². The fraction of sp³-hybridized carbons (Fsp3) is 0.478. The van der Waals surface area contributed by atoms with Gasteiger partial charge in [-0.2, -0.15) is 0 Å². The average Bonchev–Trinajstić information content (AvgIpc) is 3.30. The van der Waals surface area contributed by atoms with Gasteiger partial charge in [0.15, 0.2) is 5.82 Å². The summed E-state index contributed by atoms with van der Waals surface area (Å²) in [6.07, 6.45) is 6.09. The Kier molecular flexibility index (Phi) is 10.8. The second-order valence-electron chi connectivity index (χ2n) is 8.29. The van der Waals surface area contributed by atoms with E-state index in [1.165, 1.54) is 19.0 Å². The molecular formula is C23H34ClN7O3. The number of carbonyl (C=O) groups is 2. The number of benzene rings is 1. The van der Waals surface area contributed by atoms with Crippen LogP contribution < -0.4 is 25.6 Å². The SMILES string of the molecule is Cc1cnc(NC(=O)Nc2ccc(N3CCCC3)cc2OCCCNC(=O)CN(C)C)cn1.Cl. The van der Waals surface area contributed by atoms with Crippen LogP contribution in [0.15, 0.2) is 30.6 Å². The first-order valence-electron chi connectivity index (χ1n) is 11.2. The molecule has 0 spiro atoms. The summed E-state index contributed by atoms with van der Waals surface area (Å²) in [6, 6.07) is 5.36. The third kappa shape index (κ3) is 8.68. The lowest BCUT2D eigenvalue weighted by Crippen LogP contribution is -2.34. The number of halogens is 1. The molecule has 0 bridgehead atoms. The number of aromatic nitrogens is 2. The van der Waals surface area contributed by atoms with E-state index in [0.29, 0.717) is 43.4 Å². The largest absolute Gasteiger partial charge is 0.491 e. The van der Waals surface area contributed by atoms with Crippen LogP contribution in [0.4, 0.5) is 22.0 Å². The maximum Gasteiger partial charge on any atom is 0.324 e. The Bertz CT molecular complexity index is 935. The molecule has 11 heteroatoms. The lowest BCUT2D eigenvalue weighted by molar-refractivity contribution is -0.121. The van der Waals surface area contributed by atoms with Crippen molar-refractivity contribution in [2.75, 3.05) is 62.4 Å². The van der Waals surface area contributed by atoms with E-state index >= 15 is 0 Å². The predicted molar refractivity (Wildman–Crippen MR) is 136 cm³/mol. The molecule has 3 rings (SSSR count). The Morgan fingerprint density at radius 2 is 1.88 bits per heavy atom. The molecule has 1 aliphatic heterocycles. The molecule has 0 saturated carbocycles. The summed E-state index contributed by atoms with van der Waals surface area (Å²) in [4.78, 5) is 36.6. The van der Waals surface area contributed by atoms with E-state index in [9.17, 15) is 9.59 Å². The van der Waals surface area contributed by atoms with Gasteiger partial charge in [0, 0.05) is 31.4 Å². The minimum Gasteiger partial charge on any atom is -0.491 e. The number of urea groups is 1. The molecule has 2 heterocycles. The van der Waals surface area contributed by atoms with Gasteiger partial charge in [0.2, 0.25) is 5.91 Å². The van der Waals surface area contributed by atoms with E-state index in [2.05, 4.69) is 30.8 Å². The van der Waals surface area contributed by atoms with Crippen molar-refractivity contribution in [3.05, 3.63) is 36.3 Å². The zero-order chi connectivity index (χ0) is 23.6. The van der Waals surface area contributed by atoms with Crippen molar-refractivity contribution in [2.45, 2.75) is 26.2 Å². The van der Waals surface area contributed by atoms with Gasteiger partial charge in [-0.05, 0) is 52.4 Å². The normalized spacial score (nSPS) is 12.8. The molecule has 0 unspecified atom stereocenters. The fourth-order valence-corrected chi connectivity index (χ4v) is 3.46. The van der Waals surface area contributed by atoms with Gasteiger partial charge in [-0.3, -0.25) is 15.1 Å². The minimum absolute atomic E-state index is 0. The highest BCUT2D eigenvalue weighted by Gasteiger charge is 2.16. The van der Waals surface area contributed by atoms with Gasteiger partial charge in [0.25, 0.3) is 0 Å². The van der Waals surface area contributed by atoms with Crippen molar-refractivity contribution in [1.29, 1.82) is 0 Å². The maximum absolute atomic E-state index is 12.5. The Hall–Kier alpha value is -3.11. The van der Waals surface area contributed by atoms with E-state index in [1.807, 2.05) is 44.1 Å². The maximum atomic E-state index is 12.5. The molecule has 3 amide bonds. The Morgan fingerprint density at radius 1 is 1.12 bits per heavy atom. The van der Waals surface area contributed by atoms with Gasteiger partial charge in [-0.25, -0.2) is 9.78 Å². The molecule has 1 aliphatic rings. The third-order valence-electron chi connectivity index (χ3n) is 5.07. The minimum atomic E-state index is -0.428. The fourth-order valence-electron chi connectivity index (χ4n) is 3.46. The second kappa shape index (κ2) is 13.6. The van der Waals surface area contributed by atoms with Gasteiger partial charge < -0.3 is 25.2 Å². The number of nitrogens with one attached hydrogen (secondary N) is 3. The molecule has 1 fully saturated rings. The van der Waals surface area contributed by atoms with Crippen molar-refractivity contribution < 1.29 is 14.3 Å². The van der Waals surface area contributed by atoms with Gasteiger partial charge in [-0.1, -0.05) is 0 Å². The topological polar surface area (TPSA) is 112 Å². The first-order chi connectivity index (χ1) is 15.9. The average molecular weight is 492 g/mol. The van der Waals surface area contributed by atoms with Crippen LogP contribution >= 0.6 is 12.4 Å². The predicted octanol–water partition coefficient (Wildman–Crippen LogP) is 2.90. The zero-order valence-corrected chi connectivity index (χ0v) is 20.8. The number of rotatable bonds is 10. The van der Waals surface area contributed by atoms with Gasteiger partial charge in [0.05, 0.1) is 36.9 Å². The standard InChI is InChI=1S/C23H33N7O3.ClH/c1-17-14-26-21(15-25-17)28-23(32)27-19-8-7-18(30-10-4-5-11-30)13-20(19)33-12-6-9-24-22(31)16-29(2)3;/h7-8,13-15H,4-6,9-12,16H2,1-3H3,(H,24,31)(H2,26,27,28,32);1H. The lowest BCUT2D eigenvalue weighted by Gasteiger charge is -2.20. The molecule has 0 radical (unpaired) electrons. The van der Waals surface area contributed by atoms with Crippen LogP contribution in [0.3, 0.4) is 0 Å². The van der Waals surface area contributed by atoms with Crippen molar-refractivity contribution in [3.8, 4) is 5.75 Å². The summed E-state index contributed by atoms with van der Waals surface area (Å²) in [5.74, 6) is 0.932. The smallest absolute Gasteiger partial charge is 0.324 e. The number of amides is 3. The molecule has 2 aromatic rings. The first kappa shape index (κ1) is 27.1. The highest BCUT2D eigenvalue weighted by Crippen LogP contribution is 2.32. The summed E-state index contributed by atoms with van der Waals surface area (Å²) >= 11 is 0. The van der Waals surface area contributed by atoms with E-state index < -0.39 is 6.03 Å². The number of carbonyl (C=O) groups excluding carboxylic acids is 2. The van der Waals surface area contributed by atoms with E-state index in [1.54, 1.807) is 6.20 Å². The summed E-state index contributed by atoms with van der Waals surface area (Å²) in [6.45, 7) is 5.13. The number of likely N-dealkylation sites (N-methyl/N-ethyl adjacent to an activating group) is 1. The molecule has 3 N–H and O–H groups in total. The Morgan fingerprint density at radius 3 is 2.56 bits per heavy atom. The van der Waals surface area contributed by atoms with Crippen LogP contribution in [0, 0.1) is 6.92 Å². The van der Waals surface area contributed by atoms with E-state index in [0.717, 1.165) is 24.5 Å². The molecule has 1 aromatic heterocycles. The number of nitrogens with zero attached hydrogens (tertiary/aromatic N) is 4. The number of ether oxygens (including phenoxy) is 1. The van der Waals surface area contributed by atoms with Crippen molar-refractivity contribution in [2.24, 2.45) is 0 Å². The van der Waals surface area contributed by atoms with Gasteiger partial charge >= 0.3 is 6.03 Å². The molecule has 1 saturated heterocycles. The summed E-state index contributed by atoms with van der Waals surface area (Å²) in [5.41, 5.74) is 2.40. The second-order valence-corrected chi connectivity index (χ2v) is 8.29. The lowest BCUT2D eigenvalue weighted by atomic mass is 10.2. The van der Waals surface area contributed by atoms with Crippen molar-refractivity contribution >= 4 is 41.5 Å². The van der Waals surface area contributed by atoms with Crippen LogP contribution in [0.25, 0.3) is 0 Å². The summed E-state index contributed by atoms with van der Waals surface area (Å²) in [5, 5.41) is 8.39. The van der Waals surface area contributed by atoms with Crippen LogP contribution in [-0.4, -0.2) is 73.7 Å². The Balaban J connectivity index is 0.00000408. The molecule has 0 atom stereocenters. The highest BCUT2D eigenvalue weighted by molar-refractivity contribution is 6.00. The monoisotopic (exact) mass is 491 g/mol. The van der Waals surface area contributed by atoms with Crippen LogP contribution in [0.1, 0.15) is 25.0 Å². The molecule has 186 valence electrons. The van der Waals surface area contributed by atoms with Crippen LogP contribution in [0.5, 0.6) is 5.75 Å². The van der Waals surface area contributed by atoms with Crippen molar-refractivity contribution in [3.63, 3.8) is 0 Å². The quantitative estimate of drug-likeness (QED) is 0.438. The van der Waals surface area contributed by atoms with E-state index in [4.69, 9.17) is 4.74 Å². The van der Waals surface area contributed by atoms with E-state index in [-0.39, 0.29) is 18.3 Å².